The molecular formula is C14H20N4. The Morgan fingerprint density at radius 3 is 2.17 bits per heavy atom. The maximum atomic E-state index is 4.02. The topological polar surface area (TPSA) is 54.5 Å². The van der Waals surface area contributed by atoms with E-state index in [4.69, 9.17) is 0 Å². The smallest absolute Gasteiger partial charge is 0.177 e. The third-order valence-corrected chi connectivity index (χ3v) is 3.29. The van der Waals surface area contributed by atoms with Crippen LogP contribution in [0.2, 0.25) is 0 Å². The molecule has 1 aromatic carbocycles. The van der Waals surface area contributed by atoms with Crippen molar-refractivity contribution in [3.05, 3.63) is 40.2 Å². The van der Waals surface area contributed by atoms with Crippen molar-refractivity contribution in [1.82, 2.24) is 20.6 Å². The van der Waals surface area contributed by atoms with Crippen LogP contribution in [0.1, 0.15) is 48.8 Å². The summed E-state index contributed by atoms with van der Waals surface area (Å²) in [5, 5.41) is 14.1. The van der Waals surface area contributed by atoms with E-state index in [2.05, 4.69) is 67.4 Å². The van der Waals surface area contributed by atoms with Crippen LogP contribution in [0.5, 0.6) is 0 Å². The monoisotopic (exact) mass is 244 g/mol. The number of aromatic amines is 1. The first kappa shape index (κ1) is 12.7. The first-order valence-corrected chi connectivity index (χ1v) is 6.21. The zero-order valence-corrected chi connectivity index (χ0v) is 11.7. The van der Waals surface area contributed by atoms with Crippen molar-refractivity contribution < 1.29 is 0 Å². The molecule has 0 fully saturated rings. The second-order valence-corrected chi connectivity index (χ2v) is 5.84. The Balaban J connectivity index is 2.38. The maximum Gasteiger partial charge on any atom is 0.178 e. The van der Waals surface area contributed by atoms with E-state index in [0.29, 0.717) is 0 Å². The van der Waals surface area contributed by atoms with E-state index >= 15 is 0 Å². The maximum absolute atomic E-state index is 4.02. The van der Waals surface area contributed by atoms with E-state index in [-0.39, 0.29) is 5.41 Å². The van der Waals surface area contributed by atoms with E-state index in [1.807, 2.05) is 0 Å². The summed E-state index contributed by atoms with van der Waals surface area (Å²) in [6.07, 6.45) is 0.735. The number of hydrogen-bond acceptors (Lipinski definition) is 3. The van der Waals surface area contributed by atoms with Crippen molar-refractivity contribution in [2.24, 2.45) is 0 Å². The number of aryl methyl sites for hydroxylation is 2. The number of H-pyrrole nitrogens is 1. The quantitative estimate of drug-likeness (QED) is 0.883. The summed E-state index contributed by atoms with van der Waals surface area (Å²) in [7, 11) is 0. The van der Waals surface area contributed by atoms with Crippen LogP contribution in [0.3, 0.4) is 0 Å². The van der Waals surface area contributed by atoms with Crippen molar-refractivity contribution in [2.45, 2.75) is 46.5 Å². The summed E-state index contributed by atoms with van der Waals surface area (Å²) in [5.41, 5.74) is 5.44. The Morgan fingerprint density at radius 2 is 1.72 bits per heavy atom. The summed E-state index contributed by atoms with van der Waals surface area (Å²) in [6, 6.07) is 4.53. The highest BCUT2D eigenvalue weighted by Gasteiger charge is 2.16. The van der Waals surface area contributed by atoms with E-state index in [1.54, 1.807) is 0 Å². The van der Waals surface area contributed by atoms with Gasteiger partial charge in [0.25, 0.3) is 0 Å². The molecule has 0 bridgehead atoms. The fourth-order valence-electron chi connectivity index (χ4n) is 2.12. The van der Waals surface area contributed by atoms with Crippen LogP contribution in [0, 0.1) is 13.8 Å². The molecule has 0 unspecified atom stereocenters. The molecule has 0 aliphatic carbocycles. The fraction of sp³-hybridized carbons (Fsp3) is 0.500. The Kier molecular flexibility index (Phi) is 3.20. The summed E-state index contributed by atoms with van der Waals surface area (Å²) in [4.78, 5) is 0. The standard InChI is InChI=1S/C14H20N4/c1-9-6-11(14(3,4)5)7-10(2)12(9)8-13-15-17-18-16-13/h6-7H,8H2,1-5H3,(H,15,16,17,18). The van der Waals surface area contributed by atoms with Crippen LogP contribution in [0.15, 0.2) is 12.1 Å². The van der Waals surface area contributed by atoms with Gasteiger partial charge in [-0.15, -0.1) is 10.2 Å². The average Bonchev–Trinajstić information content (AvgIpc) is 2.74. The van der Waals surface area contributed by atoms with Crippen LogP contribution in [-0.4, -0.2) is 20.6 Å². The Labute approximate surface area is 108 Å². The van der Waals surface area contributed by atoms with Gasteiger partial charge in [0, 0.05) is 6.42 Å². The molecule has 0 aliphatic rings. The molecule has 0 saturated heterocycles. The van der Waals surface area contributed by atoms with Crippen LogP contribution >= 0.6 is 0 Å². The fourth-order valence-corrected chi connectivity index (χ4v) is 2.12. The van der Waals surface area contributed by atoms with Gasteiger partial charge in [0.15, 0.2) is 5.82 Å². The zero-order chi connectivity index (χ0) is 13.3. The van der Waals surface area contributed by atoms with Gasteiger partial charge < -0.3 is 0 Å². The van der Waals surface area contributed by atoms with Gasteiger partial charge in [0.2, 0.25) is 0 Å². The van der Waals surface area contributed by atoms with Crippen LogP contribution in [0.25, 0.3) is 0 Å². The van der Waals surface area contributed by atoms with E-state index in [0.717, 1.165) is 12.2 Å². The molecule has 0 atom stereocenters. The largest absolute Gasteiger partial charge is 0.178 e. The predicted octanol–water partition coefficient (Wildman–Crippen LogP) is 2.70. The molecule has 0 radical (unpaired) electrons. The van der Waals surface area contributed by atoms with Gasteiger partial charge in [-0.1, -0.05) is 38.1 Å². The second kappa shape index (κ2) is 4.52. The summed E-state index contributed by atoms with van der Waals surface area (Å²) < 4.78 is 0. The van der Waals surface area contributed by atoms with Gasteiger partial charge in [0.1, 0.15) is 0 Å². The normalized spacial score (nSPS) is 11.8. The SMILES string of the molecule is Cc1cc(C(C)(C)C)cc(C)c1Cc1nn[nH]n1. The molecule has 18 heavy (non-hydrogen) atoms. The molecule has 0 aliphatic heterocycles. The molecule has 1 aromatic heterocycles. The molecular weight excluding hydrogens is 224 g/mol. The molecule has 96 valence electrons. The van der Waals surface area contributed by atoms with Crippen LogP contribution < -0.4 is 0 Å². The lowest BCUT2D eigenvalue weighted by atomic mass is 9.83. The van der Waals surface area contributed by atoms with Crippen molar-refractivity contribution >= 4 is 0 Å². The van der Waals surface area contributed by atoms with Crippen molar-refractivity contribution in [1.29, 1.82) is 0 Å². The average molecular weight is 244 g/mol. The number of benzene rings is 1. The van der Waals surface area contributed by atoms with Crippen molar-refractivity contribution in [2.75, 3.05) is 0 Å². The van der Waals surface area contributed by atoms with Crippen LogP contribution in [-0.2, 0) is 11.8 Å². The predicted molar refractivity (Wildman–Crippen MR) is 71.6 cm³/mol. The Bertz CT molecular complexity index is 512. The minimum atomic E-state index is 0.181. The molecule has 0 spiro atoms. The van der Waals surface area contributed by atoms with Crippen molar-refractivity contribution in [3.8, 4) is 0 Å². The Hall–Kier alpha value is -1.71. The number of rotatable bonds is 2. The molecule has 0 saturated carbocycles. The van der Waals surface area contributed by atoms with Gasteiger partial charge in [-0.25, -0.2) is 0 Å². The zero-order valence-electron chi connectivity index (χ0n) is 11.7. The summed E-state index contributed by atoms with van der Waals surface area (Å²) in [5.74, 6) is 0.740. The summed E-state index contributed by atoms with van der Waals surface area (Å²) >= 11 is 0. The van der Waals surface area contributed by atoms with E-state index < -0.39 is 0 Å². The molecule has 2 aromatic rings. The molecule has 1 N–H and O–H groups in total. The van der Waals surface area contributed by atoms with Gasteiger partial charge in [0.05, 0.1) is 0 Å². The highest BCUT2D eigenvalue weighted by Crippen LogP contribution is 2.27. The minimum Gasteiger partial charge on any atom is -0.177 e. The third kappa shape index (κ3) is 2.58. The second-order valence-electron chi connectivity index (χ2n) is 5.84. The van der Waals surface area contributed by atoms with E-state index in [9.17, 15) is 0 Å². The van der Waals surface area contributed by atoms with Gasteiger partial charge in [-0.05, 0) is 41.5 Å². The van der Waals surface area contributed by atoms with Crippen molar-refractivity contribution in [3.63, 3.8) is 0 Å². The van der Waals surface area contributed by atoms with E-state index in [1.165, 1.54) is 22.3 Å². The lowest BCUT2D eigenvalue weighted by Crippen LogP contribution is -2.12. The minimum absolute atomic E-state index is 0.181. The first-order chi connectivity index (χ1) is 8.38. The molecule has 1 heterocycles. The third-order valence-electron chi connectivity index (χ3n) is 3.29. The Morgan fingerprint density at radius 1 is 1.11 bits per heavy atom. The molecule has 2 rings (SSSR count). The highest BCUT2D eigenvalue weighted by molar-refractivity contribution is 5.41. The number of tetrazole rings is 1. The highest BCUT2D eigenvalue weighted by atomic mass is 15.5. The number of aromatic nitrogens is 4. The summed E-state index contributed by atoms with van der Waals surface area (Å²) in [6.45, 7) is 11.0. The molecule has 0 amide bonds. The molecule has 4 heteroatoms. The number of nitrogens with one attached hydrogen (secondary N) is 1. The molecule has 4 nitrogen and oxygen atoms in total. The van der Waals surface area contributed by atoms with Gasteiger partial charge >= 0.3 is 0 Å². The van der Waals surface area contributed by atoms with Gasteiger partial charge in [-0.3, -0.25) is 0 Å². The lowest BCUT2D eigenvalue weighted by Gasteiger charge is -2.22. The van der Waals surface area contributed by atoms with Crippen LogP contribution in [0.4, 0.5) is 0 Å². The number of nitrogens with zero attached hydrogens (tertiary/aromatic N) is 3. The van der Waals surface area contributed by atoms with Gasteiger partial charge in [-0.2, -0.15) is 5.21 Å². The lowest BCUT2D eigenvalue weighted by molar-refractivity contribution is 0.588. The number of hydrogen-bond donors (Lipinski definition) is 1. The first-order valence-electron chi connectivity index (χ1n) is 6.21.